The van der Waals surface area contributed by atoms with Crippen LogP contribution in [0.1, 0.15) is 29.6 Å². The Bertz CT molecular complexity index is 874. The number of aromatic nitrogens is 1. The number of nitrogens with one attached hydrogen (secondary N) is 1. The Hall–Kier alpha value is -1.77. The van der Waals surface area contributed by atoms with Gasteiger partial charge < -0.3 is 4.90 Å². The van der Waals surface area contributed by atoms with E-state index in [1.807, 2.05) is 19.2 Å². The third-order valence-corrected chi connectivity index (χ3v) is 6.21. The van der Waals surface area contributed by atoms with E-state index in [9.17, 15) is 13.2 Å². The summed E-state index contributed by atoms with van der Waals surface area (Å²) in [7, 11) is -3.61. The lowest BCUT2D eigenvalue weighted by molar-refractivity contribution is -0.118. The van der Waals surface area contributed by atoms with Crippen molar-refractivity contribution in [1.82, 2.24) is 9.71 Å². The van der Waals surface area contributed by atoms with Gasteiger partial charge in [-0.15, -0.1) is 11.3 Å². The first kappa shape index (κ1) is 17.1. The van der Waals surface area contributed by atoms with Crippen LogP contribution in [0.4, 0.5) is 5.69 Å². The number of fused-ring (bicyclic) bond motifs is 1. The van der Waals surface area contributed by atoms with Crippen molar-refractivity contribution in [2.45, 2.75) is 38.1 Å². The summed E-state index contributed by atoms with van der Waals surface area (Å²) < 4.78 is 27.6. The van der Waals surface area contributed by atoms with Gasteiger partial charge in [0.15, 0.2) is 0 Å². The molecule has 0 fully saturated rings. The molecular formula is C16H19N3O3S2. The van der Waals surface area contributed by atoms with E-state index in [2.05, 4.69) is 9.71 Å². The fraction of sp³-hybridized carbons (Fsp3) is 0.375. The molecule has 8 heteroatoms. The molecular weight excluding hydrogens is 346 g/mol. The summed E-state index contributed by atoms with van der Waals surface area (Å²) in [5.41, 5.74) is 2.41. The molecule has 1 aromatic heterocycles. The number of hydrogen-bond donors (Lipinski definition) is 1. The minimum atomic E-state index is -3.61. The fourth-order valence-corrected chi connectivity index (χ4v) is 4.45. The van der Waals surface area contributed by atoms with E-state index >= 15 is 0 Å². The summed E-state index contributed by atoms with van der Waals surface area (Å²) >= 11 is 1.49. The maximum atomic E-state index is 12.5. The molecule has 6 nitrogen and oxygen atoms in total. The molecule has 1 aliphatic rings. The topological polar surface area (TPSA) is 79.4 Å². The van der Waals surface area contributed by atoms with Crippen LogP contribution in [0.15, 0.2) is 28.5 Å². The summed E-state index contributed by atoms with van der Waals surface area (Å²) in [4.78, 5) is 18.1. The second kappa shape index (κ2) is 6.62. The van der Waals surface area contributed by atoms with Gasteiger partial charge in [0.05, 0.1) is 22.1 Å². The number of anilines is 1. The molecule has 1 aliphatic heterocycles. The van der Waals surface area contributed by atoms with Gasteiger partial charge in [-0.3, -0.25) is 4.79 Å². The third-order valence-electron chi connectivity index (χ3n) is 3.99. The number of carbonyl (C=O) groups excluding carboxylic acids is 1. The summed E-state index contributed by atoms with van der Waals surface area (Å²) in [5.74, 6) is 0.0811. The Balaban J connectivity index is 1.82. The molecule has 0 unspecified atom stereocenters. The molecule has 1 N–H and O–H groups in total. The maximum Gasteiger partial charge on any atom is 0.240 e. The van der Waals surface area contributed by atoms with Crippen molar-refractivity contribution in [3.63, 3.8) is 0 Å². The molecule has 0 spiro atoms. The minimum absolute atomic E-state index is 0.0811. The molecule has 0 atom stereocenters. The Labute approximate surface area is 145 Å². The standard InChI is InChI=1S/C16H19N3O3S2/c1-3-19-15-6-5-14(8-12(15)4-7-16(19)20)24(21,22)17-9-13-10-23-11(2)18-13/h5-6,8,10,17H,3-4,7,9H2,1-2H3. The molecule has 0 saturated carbocycles. The molecule has 3 rings (SSSR count). The SMILES string of the molecule is CCN1C(=O)CCc2cc(S(=O)(=O)NCc3csc(C)n3)ccc21. The highest BCUT2D eigenvalue weighted by Crippen LogP contribution is 2.29. The van der Waals surface area contributed by atoms with Gasteiger partial charge in [-0.2, -0.15) is 0 Å². The van der Waals surface area contributed by atoms with Crippen LogP contribution < -0.4 is 9.62 Å². The van der Waals surface area contributed by atoms with Gasteiger partial charge in [-0.1, -0.05) is 0 Å². The number of sulfonamides is 1. The number of amides is 1. The van der Waals surface area contributed by atoms with Gasteiger partial charge in [-0.05, 0) is 44.0 Å². The van der Waals surface area contributed by atoms with E-state index in [0.717, 1.165) is 16.3 Å². The number of benzene rings is 1. The van der Waals surface area contributed by atoms with Crippen LogP contribution in [0.2, 0.25) is 0 Å². The van der Waals surface area contributed by atoms with E-state index in [4.69, 9.17) is 0 Å². The van der Waals surface area contributed by atoms with Crippen LogP contribution >= 0.6 is 11.3 Å². The number of aryl methyl sites for hydroxylation is 2. The molecule has 128 valence electrons. The number of hydrogen-bond acceptors (Lipinski definition) is 5. The number of nitrogens with zero attached hydrogens (tertiary/aromatic N) is 2. The summed E-state index contributed by atoms with van der Waals surface area (Å²) in [6, 6.07) is 4.94. The molecule has 1 aromatic carbocycles. The van der Waals surface area contributed by atoms with Gasteiger partial charge in [0.2, 0.25) is 15.9 Å². The quantitative estimate of drug-likeness (QED) is 0.881. The lowest BCUT2D eigenvalue weighted by Gasteiger charge is -2.28. The smallest absolute Gasteiger partial charge is 0.240 e. The van der Waals surface area contributed by atoms with Crippen molar-refractivity contribution in [1.29, 1.82) is 0 Å². The van der Waals surface area contributed by atoms with Crippen molar-refractivity contribution < 1.29 is 13.2 Å². The lowest BCUT2D eigenvalue weighted by Crippen LogP contribution is -2.35. The predicted octanol–water partition coefficient (Wildman–Crippen LogP) is 2.23. The summed E-state index contributed by atoms with van der Waals surface area (Å²) in [6.45, 7) is 4.55. The van der Waals surface area contributed by atoms with Crippen LogP contribution in [0, 0.1) is 6.92 Å². The second-order valence-electron chi connectivity index (χ2n) is 5.61. The van der Waals surface area contributed by atoms with Crippen LogP contribution in [0.5, 0.6) is 0 Å². The van der Waals surface area contributed by atoms with E-state index < -0.39 is 10.0 Å². The zero-order chi connectivity index (χ0) is 17.3. The molecule has 2 heterocycles. The largest absolute Gasteiger partial charge is 0.312 e. The van der Waals surface area contributed by atoms with Crippen molar-refractivity contribution in [2.24, 2.45) is 0 Å². The Kier molecular flexibility index (Phi) is 4.71. The monoisotopic (exact) mass is 365 g/mol. The summed E-state index contributed by atoms with van der Waals surface area (Å²) in [5, 5.41) is 2.75. The Morgan fingerprint density at radius 3 is 2.79 bits per heavy atom. The molecule has 24 heavy (non-hydrogen) atoms. The van der Waals surface area contributed by atoms with Crippen LogP contribution in [0.25, 0.3) is 0 Å². The first-order valence-corrected chi connectivity index (χ1v) is 10.1. The molecule has 0 saturated heterocycles. The molecule has 1 amide bonds. The normalized spacial score (nSPS) is 14.8. The maximum absolute atomic E-state index is 12.5. The molecule has 0 aliphatic carbocycles. The number of rotatable bonds is 5. The Morgan fingerprint density at radius 2 is 2.12 bits per heavy atom. The van der Waals surface area contributed by atoms with E-state index in [1.54, 1.807) is 23.1 Å². The average molecular weight is 365 g/mol. The zero-order valence-corrected chi connectivity index (χ0v) is 15.2. The van der Waals surface area contributed by atoms with Gasteiger partial charge in [0.25, 0.3) is 0 Å². The van der Waals surface area contributed by atoms with E-state index in [0.29, 0.717) is 25.1 Å². The second-order valence-corrected chi connectivity index (χ2v) is 8.44. The summed E-state index contributed by atoms with van der Waals surface area (Å²) in [6.07, 6.45) is 0.981. The van der Waals surface area contributed by atoms with Crippen molar-refractivity contribution in [2.75, 3.05) is 11.4 Å². The van der Waals surface area contributed by atoms with Crippen molar-refractivity contribution >= 4 is 33.0 Å². The highest BCUT2D eigenvalue weighted by molar-refractivity contribution is 7.89. The highest BCUT2D eigenvalue weighted by atomic mass is 32.2. The van der Waals surface area contributed by atoms with Crippen molar-refractivity contribution in [3.8, 4) is 0 Å². The molecule has 0 radical (unpaired) electrons. The van der Waals surface area contributed by atoms with Gasteiger partial charge in [-0.25, -0.2) is 18.1 Å². The average Bonchev–Trinajstić information content (AvgIpc) is 2.98. The predicted molar refractivity (Wildman–Crippen MR) is 93.7 cm³/mol. The van der Waals surface area contributed by atoms with Gasteiger partial charge in [0.1, 0.15) is 0 Å². The van der Waals surface area contributed by atoms with Crippen LogP contribution in [0.3, 0.4) is 0 Å². The number of carbonyl (C=O) groups is 1. The fourth-order valence-electron chi connectivity index (χ4n) is 2.79. The van der Waals surface area contributed by atoms with E-state index in [1.165, 1.54) is 11.3 Å². The first-order chi connectivity index (χ1) is 11.4. The third kappa shape index (κ3) is 3.35. The molecule has 2 aromatic rings. The van der Waals surface area contributed by atoms with Crippen molar-refractivity contribution in [3.05, 3.63) is 39.8 Å². The van der Waals surface area contributed by atoms with Gasteiger partial charge >= 0.3 is 0 Å². The highest BCUT2D eigenvalue weighted by Gasteiger charge is 2.25. The van der Waals surface area contributed by atoms with Crippen LogP contribution in [-0.4, -0.2) is 25.9 Å². The molecule has 0 bridgehead atoms. The Morgan fingerprint density at radius 1 is 1.33 bits per heavy atom. The number of thiazole rings is 1. The van der Waals surface area contributed by atoms with Crippen LogP contribution in [-0.2, 0) is 27.8 Å². The zero-order valence-electron chi connectivity index (χ0n) is 13.6. The first-order valence-electron chi connectivity index (χ1n) is 7.74. The minimum Gasteiger partial charge on any atom is -0.312 e. The van der Waals surface area contributed by atoms with E-state index in [-0.39, 0.29) is 17.3 Å². The lowest BCUT2D eigenvalue weighted by atomic mass is 10.0. The van der Waals surface area contributed by atoms with Gasteiger partial charge in [0, 0.05) is 24.0 Å².